The van der Waals surface area contributed by atoms with E-state index < -0.39 is 0 Å². The van der Waals surface area contributed by atoms with Crippen molar-refractivity contribution in [2.24, 2.45) is 4.99 Å². The number of hydrogen-bond donors (Lipinski definition) is 2. The lowest BCUT2D eigenvalue weighted by Gasteiger charge is -2.19. The maximum absolute atomic E-state index is 11.9. The molecule has 0 bridgehead atoms. The minimum Gasteiger partial charge on any atom is -0.490 e. The van der Waals surface area contributed by atoms with E-state index in [4.69, 9.17) is 14.5 Å². The van der Waals surface area contributed by atoms with Gasteiger partial charge in [0, 0.05) is 44.1 Å². The summed E-state index contributed by atoms with van der Waals surface area (Å²) in [6.07, 6.45) is 2.38. The number of likely N-dealkylation sites (tertiary alicyclic amines) is 1. The molecule has 0 aromatic heterocycles. The van der Waals surface area contributed by atoms with Gasteiger partial charge in [-0.15, -0.1) is 24.0 Å². The Bertz CT molecular complexity index is 683. The highest BCUT2D eigenvalue weighted by atomic mass is 127. The Balaban J connectivity index is 0.00000280. The molecule has 2 aliphatic rings. The molecule has 28 heavy (non-hydrogen) atoms. The summed E-state index contributed by atoms with van der Waals surface area (Å²) in [5.41, 5.74) is 1.01. The molecule has 2 heterocycles. The summed E-state index contributed by atoms with van der Waals surface area (Å²) in [4.78, 5) is 18.5. The van der Waals surface area contributed by atoms with E-state index in [9.17, 15) is 4.79 Å². The van der Waals surface area contributed by atoms with Gasteiger partial charge in [0.05, 0.1) is 19.8 Å². The molecule has 156 valence electrons. The van der Waals surface area contributed by atoms with Gasteiger partial charge >= 0.3 is 0 Å². The summed E-state index contributed by atoms with van der Waals surface area (Å²) < 4.78 is 11.6. The zero-order valence-corrected chi connectivity index (χ0v) is 19.0. The molecule has 1 amide bonds. The third kappa shape index (κ3) is 5.89. The van der Waals surface area contributed by atoms with E-state index in [0.29, 0.717) is 26.2 Å². The Morgan fingerprint density at radius 2 is 2.11 bits per heavy atom. The molecular weight excluding hydrogens is 471 g/mol. The van der Waals surface area contributed by atoms with E-state index in [1.165, 1.54) is 0 Å². The average Bonchev–Trinajstić information content (AvgIpc) is 3.01. The van der Waals surface area contributed by atoms with Gasteiger partial charge in [-0.3, -0.25) is 4.79 Å². The molecule has 0 radical (unpaired) electrons. The minimum absolute atomic E-state index is 0. The number of fused-ring (bicyclic) bond motifs is 1. The Morgan fingerprint density at radius 1 is 1.29 bits per heavy atom. The largest absolute Gasteiger partial charge is 0.490 e. The number of guanidine groups is 1. The number of benzene rings is 1. The van der Waals surface area contributed by atoms with Gasteiger partial charge in [-0.2, -0.15) is 0 Å². The van der Waals surface area contributed by atoms with Gasteiger partial charge in [0.25, 0.3) is 0 Å². The number of hydrogen-bond acceptors (Lipinski definition) is 4. The Hall–Kier alpha value is -1.71. The molecule has 1 fully saturated rings. The zero-order chi connectivity index (χ0) is 19.1. The molecular formula is C20H31IN4O3. The number of carbonyl (C=O) groups excluding carboxylic acids is 1. The van der Waals surface area contributed by atoms with E-state index in [1.54, 1.807) is 0 Å². The second kappa shape index (κ2) is 11.3. The molecule has 1 atom stereocenters. The Labute approximate surface area is 184 Å². The van der Waals surface area contributed by atoms with Crippen LogP contribution in [0.1, 0.15) is 38.7 Å². The van der Waals surface area contributed by atoms with Crippen molar-refractivity contribution in [3.63, 3.8) is 0 Å². The predicted octanol–water partition coefficient (Wildman–Crippen LogP) is 2.53. The number of amides is 1. The Morgan fingerprint density at radius 3 is 2.89 bits per heavy atom. The molecule has 0 aliphatic carbocycles. The SMILES string of the molecule is CCNC(=NCc1cccc2c1OCCCO2)NC1CCN(C(=O)CC)C1.I. The van der Waals surface area contributed by atoms with Crippen molar-refractivity contribution in [2.75, 3.05) is 32.8 Å². The quantitative estimate of drug-likeness (QED) is 0.368. The van der Waals surface area contributed by atoms with Gasteiger partial charge in [-0.25, -0.2) is 4.99 Å². The lowest BCUT2D eigenvalue weighted by molar-refractivity contribution is -0.129. The van der Waals surface area contributed by atoms with E-state index in [2.05, 4.69) is 10.6 Å². The van der Waals surface area contributed by atoms with Gasteiger partial charge in [-0.1, -0.05) is 19.1 Å². The molecule has 2 aliphatic heterocycles. The first-order valence-electron chi connectivity index (χ1n) is 9.91. The molecule has 1 aromatic carbocycles. The third-order valence-corrected chi connectivity index (χ3v) is 4.79. The fourth-order valence-corrected chi connectivity index (χ4v) is 3.38. The van der Waals surface area contributed by atoms with Crippen LogP contribution in [-0.2, 0) is 11.3 Å². The van der Waals surface area contributed by atoms with Gasteiger partial charge in [0.2, 0.25) is 5.91 Å². The van der Waals surface area contributed by atoms with Gasteiger partial charge in [0.15, 0.2) is 17.5 Å². The zero-order valence-electron chi connectivity index (χ0n) is 16.7. The highest BCUT2D eigenvalue weighted by Gasteiger charge is 2.25. The Kier molecular flexibility index (Phi) is 9.14. The summed E-state index contributed by atoms with van der Waals surface area (Å²) in [6, 6.07) is 6.17. The van der Waals surface area contributed by atoms with Gasteiger partial charge in [0.1, 0.15) is 0 Å². The number of rotatable bonds is 5. The second-order valence-electron chi connectivity index (χ2n) is 6.81. The van der Waals surface area contributed by atoms with Crippen molar-refractivity contribution in [1.29, 1.82) is 0 Å². The van der Waals surface area contributed by atoms with E-state index in [0.717, 1.165) is 55.5 Å². The summed E-state index contributed by atoms with van der Waals surface area (Å²) in [6.45, 7) is 8.12. The minimum atomic E-state index is 0. The number of aliphatic imine (C=N–C) groups is 1. The van der Waals surface area contributed by atoms with Crippen LogP contribution in [-0.4, -0.2) is 55.7 Å². The standard InChI is InChI=1S/C20H30N4O3.HI/c1-3-18(25)24-10-9-16(14-24)23-20(21-4-2)22-13-15-7-5-8-17-19(15)27-12-6-11-26-17;/h5,7-8,16H,3-4,6,9-14H2,1-2H3,(H2,21,22,23);1H. The summed E-state index contributed by atoms with van der Waals surface area (Å²) >= 11 is 0. The number of carbonyl (C=O) groups is 1. The number of nitrogens with zero attached hydrogens (tertiary/aromatic N) is 2. The van der Waals surface area contributed by atoms with Crippen LogP contribution in [0.15, 0.2) is 23.2 Å². The van der Waals surface area contributed by atoms with Crippen LogP contribution in [0.25, 0.3) is 0 Å². The predicted molar refractivity (Wildman–Crippen MR) is 121 cm³/mol. The van der Waals surface area contributed by atoms with Crippen molar-refractivity contribution in [3.8, 4) is 11.5 Å². The molecule has 0 saturated carbocycles. The molecule has 7 nitrogen and oxygen atoms in total. The molecule has 0 spiro atoms. The second-order valence-corrected chi connectivity index (χ2v) is 6.81. The number of para-hydroxylation sites is 1. The van der Waals surface area contributed by atoms with Crippen molar-refractivity contribution in [3.05, 3.63) is 23.8 Å². The molecule has 1 aromatic rings. The van der Waals surface area contributed by atoms with Gasteiger partial charge < -0.3 is 25.0 Å². The van der Waals surface area contributed by atoms with Crippen LogP contribution >= 0.6 is 24.0 Å². The fourth-order valence-electron chi connectivity index (χ4n) is 3.38. The van der Waals surface area contributed by atoms with Crippen LogP contribution < -0.4 is 20.1 Å². The molecule has 3 rings (SSSR count). The highest BCUT2D eigenvalue weighted by molar-refractivity contribution is 14.0. The maximum Gasteiger partial charge on any atom is 0.222 e. The molecule has 1 unspecified atom stereocenters. The van der Waals surface area contributed by atoms with E-state index >= 15 is 0 Å². The molecule has 2 N–H and O–H groups in total. The number of halogens is 1. The summed E-state index contributed by atoms with van der Waals surface area (Å²) in [5.74, 6) is 2.57. The number of ether oxygens (including phenoxy) is 2. The summed E-state index contributed by atoms with van der Waals surface area (Å²) in [5, 5.41) is 6.75. The molecule has 8 heteroatoms. The van der Waals surface area contributed by atoms with Crippen molar-refractivity contribution in [2.45, 2.75) is 45.7 Å². The first-order valence-corrected chi connectivity index (χ1v) is 9.91. The van der Waals surface area contributed by atoms with E-state index in [1.807, 2.05) is 36.9 Å². The smallest absolute Gasteiger partial charge is 0.222 e. The van der Waals surface area contributed by atoms with Crippen LogP contribution in [0, 0.1) is 0 Å². The summed E-state index contributed by atoms with van der Waals surface area (Å²) in [7, 11) is 0. The van der Waals surface area contributed by atoms with Crippen LogP contribution in [0.5, 0.6) is 11.5 Å². The first-order chi connectivity index (χ1) is 13.2. The van der Waals surface area contributed by atoms with Crippen LogP contribution in [0.4, 0.5) is 0 Å². The van der Waals surface area contributed by atoms with Crippen molar-refractivity contribution in [1.82, 2.24) is 15.5 Å². The monoisotopic (exact) mass is 502 g/mol. The van der Waals surface area contributed by atoms with Crippen molar-refractivity contribution >= 4 is 35.8 Å². The third-order valence-electron chi connectivity index (χ3n) is 4.79. The number of nitrogens with one attached hydrogen (secondary N) is 2. The maximum atomic E-state index is 11.9. The average molecular weight is 502 g/mol. The highest BCUT2D eigenvalue weighted by Crippen LogP contribution is 2.33. The van der Waals surface area contributed by atoms with Crippen LogP contribution in [0.2, 0.25) is 0 Å². The van der Waals surface area contributed by atoms with Crippen LogP contribution in [0.3, 0.4) is 0 Å². The normalized spacial score (nSPS) is 18.9. The lowest BCUT2D eigenvalue weighted by atomic mass is 10.2. The fraction of sp³-hybridized carbons (Fsp3) is 0.600. The topological polar surface area (TPSA) is 75.2 Å². The molecule has 1 saturated heterocycles. The lowest BCUT2D eigenvalue weighted by Crippen LogP contribution is -2.45. The first kappa shape index (κ1) is 22.6. The van der Waals surface area contributed by atoms with Gasteiger partial charge in [-0.05, 0) is 19.4 Å². The van der Waals surface area contributed by atoms with E-state index in [-0.39, 0.29) is 35.9 Å². The van der Waals surface area contributed by atoms with Crippen molar-refractivity contribution < 1.29 is 14.3 Å².